The maximum Gasteiger partial charge on any atom is 0.248 e. The van der Waals surface area contributed by atoms with Gasteiger partial charge in [0, 0.05) is 12.8 Å². The highest BCUT2D eigenvalue weighted by Gasteiger charge is 2.35. The van der Waals surface area contributed by atoms with Crippen molar-refractivity contribution < 1.29 is 13.2 Å². The zero-order valence-electron chi connectivity index (χ0n) is 9.98. The van der Waals surface area contributed by atoms with Crippen LogP contribution in [0.3, 0.4) is 0 Å². The van der Waals surface area contributed by atoms with Crippen molar-refractivity contribution in [3.05, 3.63) is 35.1 Å². The van der Waals surface area contributed by atoms with Crippen molar-refractivity contribution in [1.82, 2.24) is 0 Å². The third-order valence-corrected chi connectivity index (χ3v) is 3.64. The van der Waals surface area contributed by atoms with Crippen LogP contribution in [0.2, 0.25) is 0 Å². The summed E-state index contributed by atoms with van der Waals surface area (Å²) in [5.41, 5.74) is 2.02. The van der Waals surface area contributed by atoms with Crippen molar-refractivity contribution in [3.8, 4) is 0 Å². The van der Waals surface area contributed by atoms with Gasteiger partial charge < -0.3 is 0 Å². The molecule has 1 fully saturated rings. The molecule has 0 atom stereocenters. The number of benzene rings is 1. The molecule has 1 aliphatic rings. The molecule has 1 aromatic carbocycles. The number of aryl methyl sites for hydroxylation is 1. The van der Waals surface area contributed by atoms with E-state index in [2.05, 4.69) is 0 Å². The first-order valence-electron chi connectivity index (χ1n) is 6.18. The molecule has 0 heterocycles. The van der Waals surface area contributed by atoms with Gasteiger partial charge in [0.2, 0.25) is 5.92 Å². The number of halogens is 3. The van der Waals surface area contributed by atoms with Crippen molar-refractivity contribution in [3.63, 3.8) is 0 Å². The lowest BCUT2D eigenvalue weighted by atomic mass is 9.80. The van der Waals surface area contributed by atoms with E-state index in [1.54, 1.807) is 6.07 Å². The summed E-state index contributed by atoms with van der Waals surface area (Å²) in [4.78, 5) is 0. The maximum absolute atomic E-state index is 13.1. The van der Waals surface area contributed by atoms with Crippen molar-refractivity contribution in [1.29, 1.82) is 0 Å². The second kappa shape index (κ2) is 4.71. The van der Waals surface area contributed by atoms with Crippen LogP contribution >= 0.6 is 0 Å². The van der Waals surface area contributed by atoms with Gasteiger partial charge in [-0.25, -0.2) is 13.2 Å². The molecule has 1 saturated carbocycles. The first-order valence-corrected chi connectivity index (χ1v) is 6.18. The molecule has 0 N–H and O–H groups in total. The normalized spacial score (nSPS) is 20.5. The molecule has 94 valence electrons. The number of rotatable bonds is 2. The Morgan fingerprint density at radius 1 is 1.24 bits per heavy atom. The summed E-state index contributed by atoms with van der Waals surface area (Å²) in [7, 11) is 0. The SMILES string of the molecule is CCc1cc(F)ccc1C1CCC(F)(F)CC1. The Balaban J connectivity index is 2.18. The van der Waals surface area contributed by atoms with E-state index in [0.29, 0.717) is 12.8 Å². The van der Waals surface area contributed by atoms with Gasteiger partial charge in [0.25, 0.3) is 0 Å². The fourth-order valence-electron chi connectivity index (χ4n) is 2.63. The summed E-state index contributed by atoms with van der Waals surface area (Å²) in [6.07, 6.45) is 1.67. The van der Waals surface area contributed by atoms with E-state index in [1.807, 2.05) is 6.92 Å². The summed E-state index contributed by atoms with van der Waals surface area (Å²) in [6.45, 7) is 1.97. The predicted octanol–water partition coefficient (Wildman–Crippen LogP) is 4.68. The van der Waals surface area contributed by atoms with Crippen molar-refractivity contribution in [2.24, 2.45) is 0 Å². The number of alkyl halides is 2. The Labute approximate surface area is 99.8 Å². The average molecular weight is 242 g/mol. The van der Waals surface area contributed by atoms with Crippen molar-refractivity contribution >= 4 is 0 Å². The van der Waals surface area contributed by atoms with E-state index in [0.717, 1.165) is 17.5 Å². The average Bonchev–Trinajstić information content (AvgIpc) is 2.29. The molecule has 0 bridgehead atoms. The molecule has 0 aliphatic heterocycles. The third-order valence-electron chi connectivity index (χ3n) is 3.64. The van der Waals surface area contributed by atoms with Gasteiger partial charge in [-0.05, 0) is 48.4 Å². The monoisotopic (exact) mass is 242 g/mol. The molecule has 0 saturated heterocycles. The molecule has 1 aliphatic carbocycles. The summed E-state index contributed by atoms with van der Waals surface area (Å²) >= 11 is 0. The Kier molecular flexibility index (Phi) is 3.45. The van der Waals surface area contributed by atoms with Crippen LogP contribution in [0, 0.1) is 5.82 Å². The van der Waals surface area contributed by atoms with Gasteiger partial charge in [-0.2, -0.15) is 0 Å². The molecule has 0 nitrogen and oxygen atoms in total. The molecule has 3 heteroatoms. The first kappa shape index (κ1) is 12.5. The Morgan fingerprint density at radius 3 is 2.47 bits per heavy atom. The standard InChI is InChI=1S/C14H17F3/c1-2-10-9-12(15)3-4-13(10)11-5-7-14(16,17)8-6-11/h3-4,9,11H,2,5-8H2,1H3. The molecular weight excluding hydrogens is 225 g/mol. The van der Waals surface area contributed by atoms with Crippen LogP contribution in [-0.2, 0) is 6.42 Å². The first-order chi connectivity index (χ1) is 8.02. The zero-order valence-corrected chi connectivity index (χ0v) is 9.98. The third kappa shape index (κ3) is 2.82. The summed E-state index contributed by atoms with van der Waals surface area (Å²) in [6, 6.07) is 4.73. The van der Waals surface area contributed by atoms with Gasteiger partial charge in [0.05, 0.1) is 0 Å². The highest BCUT2D eigenvalue weighted by atomic mass is 19.3. The van der Waals surface area contributed by atoms with Crippen LogP contribution < -0.4 is 0 Å². The zero-order chi connectivity index (χ0) is 12.5. The van der Waals surface area contributed by atoms with E-state index in [9.17, 15) is 13.2 Å². The molecule has 0 amide bonds. The minimum absolute atomic E-state index is 0.0435. The largest absolute Gasteiger partial charge is 0.248 e. The quantitative estimate of drug-likeness (QED) is 0.706. The minimum atomic E-state index is -2.50. The van der Waals surface area contributed by atoms with E-state index in [1.165, 1.54) is 12.1 Å². The fourth-order valence-corrected chi connectivity index (χ4v) is 2.63. The van der Waals surface area contributed by atoms with Crippen molar-refractivity contribution in [2.45, 2.75) is 50.9 Å². The second-order valence-electron chi connectivity index (χ2n) is 4.83. The van der Waals surface area contributed by atoms with Gasteiger partial charge >= 0.3 is 0 Å². The lowest BCUT2D eigenvalue weighted by Crippen LogP contribution is -2.24. The van der Waals surface area contributed by atoms with E-state index >= 15 is 0 Å². The highest BCUT2D eigenvalue weighted by Crippen LogP contribution is 2.41. The van der Waals surface area contributed by atoms with Crippen LogP contribution in [0.5, 0.6) is 0 Å². The number of hydrogen-bond donors (Lipinski definition) is 0. The minimum Gasteiger partial charge on any atom is -0.207 e. The van der Waals surface area contributed by atoms with Crippen LogP contribution in [0.25, 0.3) is 0 Å². The van der Waals surface area contributed by atoms with E-state index in [-0.39, 0.29) is 24.6 Å². The second-order valence-corrected chi connectivity index (χ2v) is 4.83. The Bertz CT molecular complexity index is 388. The molecule has 0 radical (unpaired) electrons. The van der Waals surface area contributed by atoms with Crippen LogP contribution in [-0.4, -0.2) is 5.92 Å². The molecule has 17 heavy (non-hydrogen) atoms. The molecular formula is C14H17F3. The van der Waals surface area contributed by atoms with Gasteiger partial charge in [0.1, 0.15) is 5.82 Å². The van der Waals surface area contributed by atoms with Crippen LogP contribution in [0.4, 0.5) is 13.2 Å². The van der Waals surface area contributed by atoms with Gasteiger partial charge in [-0.1, -0.05) is 13.0 Å². The Morgan fingerprint density at radius 2 is 1.88 bits per heavy atom. The smallest absolute Gasteiger partial charge is 0.207 e. The Hall–Kier alpha value is -0.990. The molecule has 1 aromatic rings. The highest BCUT2D eigenvalue weighted by molar-refractivity contribution is 5.31. The van der Waals surface area contributed by atoms with E-state index in [4.69, 9.17) is 0 Å². The van der Waals surface area contributed by atoms with Crippen LogP contribution in [0.1, 0.15) is 49.7 Å². The summed E-state index contributed by atoms with van der Waals surface area (Å²) < 4.78 is 39.3. The molecule has 0 unspecified atom stereocenters. The topological polar surface area (TPSA) is 0 Å². The van der Waals surface area contributed by atoms with E-state index < -0.39 is 5.92 Å². The fraction of sp³-hybridized carbons (Fsp3) is 0.571. The van der Waals surface area contributed by atoms with Crippen LogP contribution in [0.15, 0.2) is 18.2 Å². The summed E-state index contributed by atoms with van der Waals surface area (Å²) in [5, 5.41) is 0. The maximum atomic E-state index is 13.1. The molecule has 2 rings (SSSR count). The van der Waals surface area contributed by atoms with Crippen molar-refractivity contribution in [2.75, 3.05) is 0 Å². The number of hydrogen-bond acceptors (Lipinski definition) is 0. The lowest BCUT2D eigenvalue weighted by molar-refractivity contribution is -0.0382. The lowest BCUT2D eigenvalue weighted by Gasteiger charge is -2.29. The van der Waals surface area contributed by atoms with Gasteiger partial charge in [-0.3, -0.25) is 0 Å². The molecule has 0 aromatic heterocycles. The summed E-state index contributed by atoms with van der Waals surface area (Å²) in [5.74, 6) is -2.57. The van der Waals surface area contributed by atoms with Gasteiger partial charge in [-0.15, -0.1) is 0 Å². The predicted molar refractivity (Wildman–Crippen MR) is 61.9 cm³/mol. The molecule has 0 spiro atoms. The van der Waals surface area contributed by atoms with Gasteiger partial charge in [0.15, 0.2) is 0 Å².